The lowest BCUT2D eigenvalue weighted by atomic mass is 10.1. The third-order valence-electron chi connectivity index (χ3n) is 4.52. The number of thiophene rings is 1. The topological polar surface area (TPSA) is 119 Å². The molecule has 1 aromatic heterocycles. The Balaban J connectivity index is 1.84. The molecule has 0 atom stereocenters. The number of esters is 2. The highest BCUT2D eigenvalue weighted by Crippen LogP contribution is 2.34. The Hall–Kier alpha value is -3.53. The van der Waals surface area contributed by atoms with Gasteiger partial charge in [0.15, 0.2) is 0 Å². The van der Waals surface area contributed by atoms with Gasteiger partial charge in [0.25, 0.3) is 11.8 Å². The van der Waals surface area contributed by atoms with E-state index in [-0.39, 0.29) is 39.8 Å². The highest BCUT2D eigenvalue weighted by Gasteiger charge is 2.36. The number of benzene rings is 1. The number of anilines is 1. The van der Waals surface area contributed by atoms with Gasteiger partial charge in [-0.15, -0.1) is 11.3 Å². The number of hydrogen-bond donors (Lipinski definition) is 1. The summed E-state index contributed by atoms with van der Waals surface area (Å²) in [7, 11) is 0. The predicted molar refractivity (Wildman–Crippen MR) is 111 cm³/mol. The molecule has 0 bridgehead atoms. The predicted octanol–water partition coefficient (Wildman–Crippen LogP) is 2.64. The van der Waals surface area contributed by atoms with Gasteiger partial charge < -0.3 is 14.8 Å². The van der Waals surface area contributed by atoms with E-state index in [0.29, 0.717) is 5.56 Å². The number of fused-ring (bicyclic) bond motifs is 1. The molecule has 10 heteroatoms. The second kappa shape index (κ2) is 9.09. The van der Waals surface area contributed by atoms with Crippen LogP contribution in [0.15, 0.2) is 24.3 Å². The summed E-state index contributed by atoms with van der Waals surface area (Å²) in [5.74, 6) is -3.18. The van der Waals surface area contributed by atoms with E-state index in [4.69, 9.17) is 9.47 Å². The average Bonchev–Trinajstić information content (AvgIpc) is 3.18. The number of ether oxygens (including phenoxy) is 2. The fraction of sp³-hybridized carbons (Fsp3) is 0.286. The first-order valence-electron chi connectivity index (χ1n) is 9.52. The molecule has 2 heterocycles. The summed E-state index contributed by atoms with van der Waals surface area (Å²) in [5.41, 5.74) is 0.803. The van der Waals surface area contributed by atoms with E-state index in [0.717, 1.165) is 16.2 Å². The minimum atomic E-state index is -0.706. The van der Waals surface area contributed by atoms with Crippen LogP contribution in [0.1, 0.15) is 60.2 Å². The van der Waals surface area contributed by atoms with Gasteiger partial charge >= 0.3 is 11.9 Å². The zero-order chi connectivity index (χ0) is 22.7. The van der Waals surface area contributed by atoms with E-state index in [1.54, 1.807) is 32.9 Å². The van der Waals surface area contributed by atoms with Crippen molar-refractivity contribution in [1.82, 2.24) is 4.90 Å². The van der Waals surface area contributed by atoms with E-state index >= 15 is 0 Å². The van der Waals surface area contributed by atoms with Crippen LogP contribution in [-0.4, -0.2) is 54.3 Å². The van der Waals surface area contributed by atoms with Crippen molar-refractivity contribution in [2.75, 3.05) is 25.1 Å². The Kier molecular flexibility index (Phi) is 6.50. The molecule has 0 fully saturated rings. The van der Waals surface area contributed by atoms with Gasteiger partial charge in [-0.25, -0.2) is 9.59 Å². The summed E-state index contributed by atoms with van der Waals surface area (Å²) in [4.78, 5) is 63.2. The zero-order valence-electron chi connectivity index (χ0n) is 17.1. The minimum absolute atomic E-state index is 0.0330. The molecule has 0 saturated heterocycles. The molecule has 1 aliphatic rings. The fourth-order valence-electron chi connectivity index (χ4n) is 3.13. The molecule has 2 aromatic rings. The van der Waals surface area contributed by atoms with Crippen LogP contribution in [0.25, 0.3) is 0 Å². The average molecular weight is 444 g/mol. The molecule has 162 valence electrons. The third kappa shape index (κ3) is 4.19. The van der Waals surface area contributed by atoms with Gasteiger partial charge in [-0.2, -0.15) is 0 Å². The molecule has 0 radical (unpaired) electrons. The van der Waals surface area contributed by atoms with Gasteiger partial charge in [0.1, 0.15) is 16.4 Å². The van der Waals surface area contributed by atoms with Crippen molar-refractivity contribution in [2.24, 2.45) is 0 Å². The Morgan fingerprint density at radius 2 is 1.52 bits per heavy atom. The van der Waals surface area contributed by atoms with Gasteiger partial charge in [-0.05, 0) is 38.5 Å². The second-order valence-corrected chi connectivity index (χ2v) is 7.51. The monoisotopic (exact) mass is 444 g/mol. The van der Waals surface area contributed by atoms with Crippen LogP contribution in [0.2, 0.25) is 0 Å². The Morgan fingerprint density at radius 3 is 2.06 bits per heavy atom. The Bertz CT molecular complexity index is 1050. The van der Waals surface area contributed by atoms with Crippen molar-refractivity contribution in [2.45, 2.75) is 20.8 Å². The maximum absolute atomic E-state index is 12.6. The van der Waals surface area contributed by atoms with Crippen molar-refractivity contribution in [1.29, 1.82) is 0 Å². The standard InChI is InChI=1S/C21H20N2O7S/c1-4-29-20(27)15-11(3)16(21(28)30-5-2)31-17(15)22-14(24)10-23-18(25)12-8-6-7-9-13(12)19(23)26/h6-9H,4-5,10H2,1-3H3,(H,22,24). The molecule has 0 spiro atoms. The molecule has 1 aliphatic heterocycles. The van der Waals surface area contributed by atoms with Gasteiger partial charge in [0.2, 0.25) is 5.91 Å². The van der Waals surface area contributed by atoms with E-state index in [9.17, 15) is 24.0 Å². The lowest BCUT2D eigenvalue weighted by Gasteiger charge is -2.13. The maximum Gasteiger partial charge on any atom is 0.348 e. The van der Waals surface area contributed by atoms with Crippen LogP contribution in [0.3, 0.4) is 0 Å². The summed E-state index contributed by atoms with van der Waals surface area (Å²) in [6.07, 6.45) is 0. The lowest BCUT2D eigenvalue weighted by Crippen LogP contribution is -2.37. The molecular weight excluding hydrogens is 424 g/mol. The summed E-state index contributed by atoms with van der Waals surface area (Å²) >= 11 is 0.868. The van der Waals surface area contributed by atoms with Crippen LogP contribution in [0.4, 0.5) is 5.00 Å². The molecule has 0 unspecified atom stereocenters. The molecule has 3 rings (SSSR count). The summed E-state index contributed by atoms with van der Waals surface area (Å²) in [5, 5.41) is 2.61. The first-order valence-corrected chi connectivity index (χ1v) is 10.3. The summed E-state index contributed by atoms with van der Waals surface area (Å²) in [6.45, 7) is 4.54. The number of amides is 3. The largest absolute Gasteiger partial charge is 0.462 e. The number of nitrogens with one attached hydrogen (secondary N) is 1. The number of imide groups is 1. The van der Waals surface area contributed by atoms with Crippen molar-refractivity contribution >= 4 is 46.0 Å². The molecular formula is C21H20N2O7S. The Morgan fingerprint density at radius 1 is 0.968 bits per heavy atom. The molecule has 3 amide bonds. The van der Waals surface area contributed by atoms with Crippen LogP contribution in [-0.2, 0) is 14.3 Å². The van der Waals surface area contributed by atoms with Crippen LogP contribution >= 0.6 is 11.3 Å². The molecule has 9 nitrogen and oxygen atoms in total. The quantitative estimate of drug-likeness (QED) is 0.515. The number of hydrogen-bond acceptors (Lipinski definition) is 8. The van der Waals surface area contributed by atoms with Crippen LogP contribution in [0, 0.1) is 6.92 Å². The van der Waals surface area contributed by atoms with Crippen molar-refractivity contribution in [3.63, 3.8) is 0 Å². The summed E-state index contributed by atoms with van der Waals surface area (Å²) in [6, 6.07) is 6.29. The molecule has 0 saturated carbocycles. The van der Waals surface area contributed by atoms with Crippen molar-refractivity contribution < 1.29 is 33.4 Å². The maximum atomic E-state index is 12.6. The molecule has 1 aromatic carbocycles. The van der Waals surface area contributed by atoms with E-state index in [1.165, 1.54) is 12.1 Å². The van der Waals surface area contributed by atoms with Crippen molar-refractivity contribution in [3.05, 3.63) is 51.4 Å². The molecule has 1 N–H and O–H groups in total. The fourth-order valence-corrected chi connectivity index (χ4v) is 4.24. The number of carbonyl (C=O) groups excluding carboxylic acids is 5. The van der Waals surface area contributed by atoms with E-state index in [1.807, 2.05) is 0 Å². The highest BCUT2D eigenvalue weighted by atomic mass is 32.1. The Labute approximate surface area is 181 Å². The van der Waals surface area contributed by atoms with E-state index in [2.05, 4.69) is 5.32 Å². The normalized spacial score (nSPS) is 12.5. The lowest BCUT2D eigenvalue weighted by molar-refractivity contribution is -0.116. The zero-order valence-corrected chi connectivity index (χ0v) is 18.0. The molecule has 0 aliphatic carbocycles. The van der Waals surface area contributed by atoms with E-state index < -0.39 is 36.2 Å². The second-order valence-electron chi connectivity index (χ2n) is 6.49. The smallest absolute Gasteiger partial charge is 0.348 e. The SMILES string of the molecule is CCOC(=O)c1sc(NC(=O)CN2C(=O)c3ccccc3C2=O)c(C(=O)OCC)c1C. The molecule has 31 heavy (non-hydrogen) atoms. The number of rotatable bonds is 7. The number of carbonyl (C=O) groups is 5. The third-order valence-corrected chi connectivity index (χ3v) is 5.71. The van der Waals surface area contributed by atoms with Gasteiger partial charge in [0, 0.05) is 0 Å². The van der Waals surface area contributed by atoms with Gasteiger partial charge in [0.05, 0.1) is 29.9 Å². The van der Waals surface area contributed by atoms with Gasteiger partial charge in [-0.3, -0.25) is 19.3 Å². The van der Waals surface area contributed by atoms with Crippen LogP contribution in [0.5, 0.6) is 0 Å². The first kappa shape index (κ1) is 22.2. The first-order chi connectivity index (χ1) is 14.8. The van der Waals surface area contributed by atoms with Crippen molar-refractivity contribution in [3.8, 4) is 0 Å². The number of nitrogens with zero attached hydrogens (tertiary/aromatic N) is 1. The highest BCUT2D eigenvalue weighted by molar-refractivity contribution is 7.18. The summed E-state index contributed by atoms with van der Waals surface area (Å²) < 4.78 is 10.0. The van der Waals surface area contributed by atoms with Gasteiger partial charge in [-0.1, -0.05) is 12.1 Å². The van der Waals surface area contributed by atoms with Crippen LogP contribution < -0.4 is 5.32 Å². The minimum Gasteiger partial charge on any atom is -0.462 e.